The molecule has 0 radical (unpaired) electrons. The number of amides is 1. The Morgan fingerprint density at radius 2 is 2.25 bits per heavy atom. The molecule has 0 fully saturated rings. The first kappa shape index (κ1) is 12.5. The van der Waals surface area contributed by atoms with Crippen LogP contribution in [0.15, 0.2) is 43.0 Å². The van der Waals surface area contributed by atoms with Gasteiger partial charge < -0.3 is 14.9 Å². The summed E-state index contributed by atoms with van der Waals surface area (Å²) in [6.07, 6.45) is 5.99. The highest BCUT2D eigenvalue weighted by Gasteiger charge is 2.09. The van der Waals surface area contributed by atoms with Crippen LogP contribution < -0.4 is 5.32 Å². The van der Waals surface area contributed by atoms with Crippen LogP contribution >= 0.6 is 0 Å². The van der Waals surface area contributed by atoms with Crippen molar-refractivity contribution >= 4 is 16.8 Å². The van der Waals surface area contributed by atoms with Crippen molar-refractivity contribution in [3.8, 4) is 0 Å². The van der Waals surface area contributed by atoms with E-state index < -0.39 is 0 Å². The molecule has 2 aromatic heterocycles. The largest absolute Gasteiger partial charge is 0.361 e. The number of aromatic amines is 1. The SMILES string of the molecule is Cn1cncc1C(=O)NCCc1c[nH]c2ccccc12. The second-order valence-corrected chi connectivity index (χ2v) is 4.76. The maximum absolute atomic E-state index is 11.9. The highest BCUT2D eigenvalue weighted by molar-refractivity contribution is 5.92. The number of fused-ring (bicyclic) bond motifs is 1. The molecule has 0 bridgehead atoms. The van der Waals surface area contributed by atoms with Crippen molar-refractivity contribution in [2.24, 2.45) is 7.05 Å². The molecule has 102 valence electrons. The number of para-hydroxylation sites is 1. The fourth-order valence-corrected chi connectivity index (χ4v) is 2.32. The fraction of sp³-hybridized carbons (Fsp3) is 0.200. The number of H-pyrrole nitrogens is 1. The molecule has 1 aromatic carbocycles. The first-order valence-corrected chi connectivity index (χ1v) is 6.55. The molecule has 20 heavy (non-hydrogen) atoms. The second kappa shape index (κ2) is 5.21. The molecule has 0 aliphatic rings. The standard InChI is InChI=1S/C15H16N4O/c1-19-10-16-9-14(19)15(20)17-7-6-11-8-18-13-5-3-2-4-12(11)13/h2-5,8-10,18H,6-7H2,1H3,(H,17,20). The molecule has 0 unspecified atom stereocenters. The summed E-state index contributed by atoms with van der Waals surface area (Å²) >= 11 is 0. The third kappa shape index (κ3) is 2.30. The van der Waals surface area contributed by atoms with Crippen molar-refractivity contribution in [3.63, 3.8) is 0 Å². The van der Waals surface area contributed by atoms with Gasteiger partial charge in [-0.1, -0.05) is 18.2 Å². The molecule has 2 N–H and O–H groups in total. The highest BCUT2D eigenvalue weighted by Crippen LogP contribution is 2.17. The number of nitrogens with zero attached hydrogens (tertiary/aromatic N) is 2. The fourth-order valence-electron chi connectivity index (χ4n) is 2.32. The minimum atomic E-state index is -0.0927. The minimum absolute atomic E-state index is 0.0927. The molecule has 3 aromatic rings. The van der Waals surface area contributed by atoms with Crippen molar-refractivity contribution in [1.29, 1.82) is 0 Å². The van der Waals surface area contributed by atoms with Crippen molar-refractivity contribution < 1.29 is 4.79 Å². The van der Waals surface area contributed by atoms with Gasteiger partial charge in [0.15, 0.2) is 0 Å². The summed E-state index contributed by atoms with van der Waals surface area (Å²) in [5.41, 5.74) is 2.91. The maximum atomic E-state index is 11.9. The first-order chi connectivity index (χ1) is 9.75. The van der Waals surface area contributed by atoms with Gasteiger partial charge >= 0.3 is 0 Å². The molecule has 3 rings (SSSR count). The number of benzene rings is 1. The van der Waals surface area contributed by atoms with E-state index in [9.17, 15) is 4.79 Å². The number of carbonyl (C=O) groups excluding carboxylic acids is 1. The predicted molar refractivity (Wildman–Crippen MR) is 77.5 cm³/mol. The van der Waals surface area contributed by atoms with Crippen LogP contribution in [0.25, 0.3) is 10.9 Å². The Kier molecular flexibility index (Phi) is 3.25. The zero-order valence-electron chi connectivity index (χ0n) is 11.3. The Morgan fingerprint density at radius 3 is 3.05 bits per heavy atom. The molecule has 5 heteroatoms. The van der Waals surface area contributed by atoms with E-state index in [2.05, 4.69) is 21.4 Å². The Hall–Kier alpha value is -2.56. The van der Waals surface area contributed by atoms with E-state index in [-0.39, 0.29) is 5.91 Å². The van der Waals surface area contributed by atoms with Crippen molar-refractivity contribution in [2.75, 3.05) is 6.54 Å². The zero-order valence-corrected chi connectivity index (χ0v) is 11.3. The van der Waals surface area contributed by atoms with Gasteiger partial charge in [-0.25, -0.2) is 4.98 Å². The average Bonchev–Trinajstić information content (AvgIpc) is 3.05. The smallest absolute Gasteiger partial charge is 0.269 e. The molecular weight excluding hydrogens is 252 g/mol. The second-order valence-electron chi connectivity index (χ2n) is 4.76. The van der Waals surface area contributed by atoms with Crippen LogP contribution in [0.4, 0.5) is 0 Å². The number of carbonyl (C=O) groups is 1. The number of aromatic nitrogens is 3. The van der Waals surface area contributed by atoms with Crippen LogP contribution in [0.1, 0.15) is 16.1 Å². The number of aryl methyl sites for hydroxylation is 1. The lowest BCUT2D eigenvalue weighted by atomic mass is 10.1. The van der Waals surface area contributed by atoms with E-state index in [4.69, 9.17) is 0 Å². The Labute approximate surface area is 116 Å². The van der Waals surface area contributed by atoms with E-state index in [0.29, 0.717) is 12.2 Å². The van der Waals surface area contributed by atoms with Gasteiger partial charge in [0.2, 0.25) is 0 Å². The van der Waals surface area contributed by atoms with Gasteiger partial charge in [-0.15, -0.1) is 0 Å². The molecule has 0 atom stereocenters. The summed E-state index contributed by atoms with van der Waals surface area (Å²) in [5, 5.41) is 4.13. The van der Waals surface area contributed by atoms with Gasteiger partial charge in [0.1, 0.15) is 5.69 Å². The summed E-state index contributed by atoms with van der Waals surface area (Å²) in [5.74, 6) is -0.0927. The Bertz CT molecular complexity index is 741. The summed E-state index contributed by atoms with van der Waals surface area (Å²) < 4.78 is 1.71. The van der Waals surface area contributed by atoms with Crippen LogP contribution in [-0.4, -0.2) is 27.0 Å². The van der Waals surface area contributed by atoms with Crippen LogP contribution in [0.5, 0.6) is 0 Å². The third-order valence-corrected chi connectivity index (χ3v) is 3.40. The predicted octanol–water partition coefficient (Wildman–Crippen LogP) is 1.87. The zero-order chi connectivity index (χ0) is 13.9. The molecule has 0 saturated carbocycles. The number of hydrogen-bond acceptors (Lipinski definition) is 2. The summed E-state index contributed by atoms with van der Waals surface area (Å²) in [6, 6.07) is 8.16. The lowest BCUT2D eigenvalue weighted by molar-refractivity contribution is 0.0946. The van der Waals surface area contributed by atoms with Gasteiger partial charge in [0.05, 0.1) is 12.5 Å². The van der Waals surface area contributed by atoms with Crippen molar-refractivity contribution in [3.05, 3.63) is 54.2 Å². The van der Waals surface area contributed by atoms with E-state index >= 15 is 0 Å². The Morgan fingerprint density at radius 1 is 1.40 bits per heavy atom. The highest BCUT2D eigenvalue weighted by atomic mass is 16.1. The third-order valence-electron chi connectivity index (χ3n) is 3.40. The molecule has 0 aliphatic heterocycles. The van der Waals surface area contributed by atoms with Crippen LogP contribution in [-0.2, 0) is 13.5 Å². The van der Waals surface area contributed by atoms with Crippen LogP contribution in [0, 0.1) is 0 Å². The Balaban J connectivity index is 1.63. The molecule has 0 aliphatic carbocycles. The monoisotopic (exact) mass is 268 g/mol. The molecule has 1 amide bonds. The van der Waals surface area contributed by atoms with E-state index in [1.807, 2.05) is 31.4 Å². The summed E-state index contributed by atoms with van der Waals surface area (Å²) in [7, 11) is 1.81. The summed E-state index contributed by atoms with van der Waals surface area (Å²) in [4.78, 5) is 19.1. The van der Waals surface area contributed by atoms with Gasteiger partial charge in [-0.2, -0.15) is 0 Å². The molecule has 0 spiro atoms. The van der Waals surface area contributed by atoms with Gasteiger partial charge in [0.25, 0.3) is 5.91 Å². The maximum Gasteiger partial charge on any atom is 0.269 e. The molecule has 2 heterocycles. The molecule has 5 nitrogen and oxygen atoms in total. The van der Waals surface area contributed by atoms with Gasteiger partial charge in [0, 0.05) is 30.7 Å². The number of imidazole rings is 1. The number of hydrogen-bond donors (Lipinski definition) is 2. The molecule has 0 saturated heterocycles. The number of rotatable bonds is 4. The minimum Gasteiger partial charge on any atom is -0.361 e. The molecular formula is C15H16N4O. The topological polar surface area (TPSA) is 62.7 Å². The quantitative estimate of drug-likeness (QED) is 0.759. The average molecular weight is 268 g/mol. The lowest BCUT2D eigenvalue weighted by Crippen LogP contribution is -2.27. The van der Waals surface area contributed by atoms with Crippen LogP contribution in [0.3, 0.4) is 0 Å². The van der Waals surface area contributed by atoms with Gasteiger partial charge in [-0.05, 0) is 18.1 Å². The van der Waals surface area contributed by atoms with E-state index in [1.165, 1.54) is 10.9 Å². The van der Waals surface area contributed by atoms with Crippen LogP contribution in [0.2, 0.25) is 0 Å². The number of nitrogens with one attached hydrogen (secondary N) is 2. The summed E-state index contributed by atoms with van der Waals surface area (Å²) in [6.45, 7) is 0.603. The first-order valence-electron chi connectivity index (χ1n) is 6.55. The van der Waals surface area contributed by atoms with Crippen molar-refractivity contribution in [1.82, 2.24) is 19.9 Å². The van der Waals surface area contributed by atoms with E-state index in [0.717, 1.165) is 11.9 Å². The van der Waals surface area contributed by atoms with Crippen molar-refractivity contribution in [2.45, 2.75) is 6.42 Å². The van der Waals surface area contributed by atoms with Gasteiger partial charge in [-0.3, -0.25) is 4.79 Å². The normalized spacial score (nSPS) is 10.8. The lowest BCUT2D eigenvalue weighted by Gasteiger charge is -2.05. The van der Waals surface area contributed by atoms with E-state index in [1.54, 1.807) is 17.1 Å².